The number of benzene rings is 1. The van der Waals surface area contributed by atoms with Crippen molar-refractivity contribution >= 4 is 11.0 Å². The van der Waals surface area contributed by atoms with Crippen LogP contribution in [0.2, 0.25) is 0 Å². The first-order valence-corrected chi connectivity index (χ1v) is 6.14. The van der Waals surface area contributed by atoms with Gasteiger partial charge in [-0.3, -0.25) is 0 Å². The highest BCUT2D eigenvalue weighted by Crippen LogP contribution is 2.31. The summed E-state index contributed by atoms with van der Waals surface area (Å²) in [6.07, 6.45) is -4.40. The van der Waals surface area contributed by atoms with Crippen molar-refractivity contribution in [2.75, 3.05) is 0 Å². The highest BCUT2D eigenvalue weighted by molar-refractivity contribution is 5.79. The molecule has 0 spiro atoms. The van der Waals surface area contributed by atoms with Gasteiger partial charge in [0.1, 0.15) is 5.69 Å². The molecule has 0 amide bonds. The summed E-state index contributed by atoms with van der Waals surface area (Å²) < 4.78 is 43.1. The second-order valence-electron chi connectivity index (χ2n) is 4.72. The summed E-state index contributed by atoms with van der Waals surface area (Å²) in [6, 6.07) is 4.62. The van der Waals surface area contributed by atoms with Gasteiger partial charge in [0.2, 0.25) is 5.76 Å². The lowest BCUT2D eigenvalue weighted by molar-refractivity contribution is -0.137. The summed E-state index contributed by atoms with van der Waals surface area (Å²) in [4.78, 5) is 6.99. The number of aromatic amines is 1. The standard InChI is InChI=1S/C13H11F3N4O/c1-6(17)9-5-11(21-20-9)12-18-8-3-2-7(13(14,15)16)4-10(8)19-12/h2-6H,17H2,1H3,(H,18,19)/t6-/m0/s1. The molecule has 1 aromatic carbocycles. The van der Waals surface area contributed by atoms with Crippen LogP contribution in [0.25, 0.3) is 22.6 Å². The first kappa shape index (κ1) is 13.6. The second kappa shape index (κ2) is 4.59. The average Bonchev–Trinajstić information content (AvgIpc) is 3.03. The number of fused-ring (bicyclic) bond motifs is 1. The molecule has 0 aliphatic heterocycles. The van der Waals surface area contributed by atoms with Crippen LogP contribution < -0.4 is 5.73 Å². The van der Waals surface area contributed by atoms with Gasteiger partial charge < -0.3 is 15.2 Å². The van der Waals surface area contributed by atoms with E-state index in [-0.39, 0.29) is 11.6 Å². The molecule has 8 heteroatoms. The highest BCUT2D eigenvalue weighted by atomic mass is 19.4. The van der Waals surface area contributed by atoms with Gasteiger partial charge in [-0.1, -0.05) is 5.16 Å². The van der Waals surface area contributed by atoms with Crippen LogP contribution in [0.1, 0.15) is 24.2 Å². The summed E-state index contributed by atoms with van der Waals surface area (Å²) in [5, 5.41) is 3.78. The minimum atomic E-state index is -4.40. The molecule has 3 N–H and O–H groups in total. The molecule has 21 heavy (non-hydrogen) atoms. The summed E-state index contributed by atoms with van der Waals surface area (Å²) >= 11 is 0. The highest BCUT2D eigenvalue weighted by Gasteiger charge is 2.30. The van der Waals surface area contributed by atoms with Crippen molar-refractivity contribution < 1.29 is 17.7 Å². The van der Waals surface area contributed by atoms with E-state index in [1.165, 1.54) is 6.07 Å². The van der Waals surface area contributed by atoms with E-state index in [0.29, 0.717) is 22.8 Å². The number of H-pyrrole nitrogens is 1. The molecule has 0 radical (unpaired) electrons. The first-order valence-electron chi connectivity index (χ1n) is 6.14. The maximum absolute atomic E-state index is 12.7. The van der Waals surface area contributed by atoms with E-state index in [4.69, 9.17) is 10.3 Å². The molecule has 1 atom stereocenters. The van der Waals surface area contributed by atoms with Gasteiger partial charge in [-0.25, -0.2) is 4.98 Å². The summed E-state index contributed by atoms with van der Waals surface area (Å²) in [6.45, 7) is 1.75. The van der Waals surface area contributed by atoms with E-state index in [2.05, 4.69) is 15.1 Å². The van der Waals surface area contributed by atoms with E-state index in [1.807, 2.05) is 0 Å². The van der Waals surface area contributed by atoms with Gasteiger partial charge in [-0.15, -0.1) is 0 Å². The Balaban J connectivity index is 2.04. The van der Waals surface area contributed by atoms with Gasteiger partial charge in [0.25, 0.3) is 0 Å². The van der Waals surface area contributed by atoms with Crippen molar-refractivity contribution in [3.63, 3.8) is 0 Å². The Kier molecular flexibility index (Phi) is 2.98. The minimum Gasteiger partial charge on any atom is -0.353 e. The van der Waals surface area contributed by atoms with Crippen LogP contribution in [0.3, 0.4) is 0 Å². The summed E-state index contributed by atoms with van der Waals surface area (Å²) in [5.41, 5.74) is 6.15. The number of alkyl halides is 3. The molecule has 2 aromatic heterocycles. The molecule has 0 fully saturated rings. The van der Waals surface area contributed by atoms with Gasteiger partial charge >= 0.3 is 6.18 Å². The van der Waals surface area contributed by atoms with Crippen molar-refractivity contribution in [2.24, 2.45) is 5.73 Å². The second-order valence-corrected chi connectivity index (χ2v) is 4.72. The lowest BCUT2D eigenvalue weighted by Crippen LogP contribution is -2.04. The number of imidazole rings is 1. The fraction of sp³-hybridized carbons (Fsp3) is 0.231. The van der Waals surface area contributed by atoms with Gasteiger partial charge in [0.05, 0.1) is 16.6 Å². The number of hydrogen-bond donors (Lipinski definition) is 2. The number of nitrogens with two attached hydrogens (primary N) is 1. The molecule has 2 heterocycles. The molecule has 0 aliphatic rings. The zero-order valence-corrected chi connectivity index (χ0v) is 10.9. The molecular weight excluding hydrogens is 285 g/mol. The number of rotatable bonds is 2. The predicted molar refractivity (Wildman–Crippen MR) is 69.2 cm³/mol. The number of nitrogens with one attached hydrogen (secondary N) is 1. The van der Waals surface area contributed by atoms with Crippen LogP contribution in [0.5, 0.6) is 0 Å². The SMILES string of the molecule is C[C@H](N)c1cc(-c2nc3cc(C(F)(F)F)ccc3[nH]2)on1. The van der Waals surface area contributed by atoms with Gasteiger partial charge in [0, 0.05) is 12.1 Å². The fourth-order valence-corrected chi connectivity index (χ4v) is 1.91. The molecule has 3 aromatic rings. The fourth-order valence-electron chi connectivity index (χ4n) is 1.91. The molecule has 110 valence electrons. The third-order valence-electron chi connectivity index (χ3n) is 3.04. The van der Waals surface area contributed by atoms with Gasteiger partial charge in [-0.05, 0) is 25.1 Å². The monoisotopic (exact) mass is 296 g/mol. The normalized spacial score (nSPS) is 13.8. The van der Waals surface area contributed by atoms with Crippen molar-refractivity contribution in [1.82, 2.24) is 15.1 Å². The predicted octanol–water partition coefficient (Wildman–Crippen LogP) is 3.26. The first-order chi connectivity index (χ1) is 9.84. The zero-order chi connectivity index (χ0) is 15.2. The Labute approximate surface area is 116 Å². The minimum absolute atomic E-state index is 0.207. The van der Waals surface area contributed by atoms with Crippen molar-refractivity contribution in [3.05, 3.63) is 35.5 Å². The number of nitrogens with zero attached hydrogens (tertiary/aromatic N) is 2. The number of halogens is 3. The van der Waals surface area contributed by atoms with E-state index >= 15 is 0 Å². The van der Waals surface area contributed by atoms with Crippen LogP contribution >= 0.6 is 0 Å². The van der Waals surface area contributed by atoms with Gasteiger partial charge in [0.15, 0.2) is 5.82 Å². The van der Waals surface area contributed by atoms with E-state index in [9.17, 15) is 13.2 Å². The molecule has 0 saturated carbocycles. The summed E-state index contributed by atoms with van der Waals surface area (Å²) in [5.74, 6) is 0.635. The topological polar surface area (TPSA) is 80.7 Å². The van der Waals surface area contributed by atoms with Crippen molar-refractivity contribution in [3.8, 4) is 11.6 Å². The lowest BCUT2D eigenvalue weighted by atomic mass is 10.2. The molecular formula is C13H11F3N4O. The number of aromatic nitrogens is 3. The Hall–Kier alpha value is -2.35. The Morgan fingerprint density at radius 3 is 2.67 bits per heavy atom. The van der Waals surface area contributed by atoms with Crippen LogP contribution in [0.15, 0.2) is 28.8 Å². The van der Waals surface area contributed by atoms with Crippen LogP contribution in [0, 0.1) is 0 Å². The maximum atomic E-state index is 12.7. The van der Waals surface area contributed by atoms with Crippen LogP contribution in [-0.4, -0.2) is 15.1 Å². The third-order valence-corrected chi connectivity index (χ3v) is 3.04. The van der Waals surface area contributed by atoms with Crippen molar-refractivity contribution in [1.29, 1.82) is 0 Å². The summed E-state index contributed by atoms with van der Waals surface area (Å²) in [7, 11) is 0. The van der Waals surface area contributed by atoms with E-state index in [1.54, 1.807) is 13.0 Å². The van der Waals surface area contributed by atoms with E-state index < -0.39 is 11.7 Å². The average molecular weight is 296 g/mol. The quantitative estimate of drug-likeness (QED) is 0.760. The smallest absolute Gasteiger partial charge is 0.353 e. The Morgan fingerprint density at radius 1 is 1.29 bits per heavy atom. The van der Waals surface area contributed by atoms with Crippen LogP contribution in [-0.2, 0) is 6.18 Å². The molecule has 5 nitrogen and oxygen atoms in total. The Morgan fingerprint density at radius 2 is 2.05 bits per heavy atom. The Bertz CT molecular complexity index is 788. The molecule has 3 rings (SSSR count). The largest absolute Gasteiger partial charge is 0.416 e. The molecule has 0 unspecified atom stereocenters. The zero-order valence-electron chi connectivity index (χ0n) is 10.9. The number of hydrogen-bond acceptors (Lipinski definition) is 4. The molecule has 0 bridgehead atoms. The third kappa shape index (κ3) is 2.49. The lowest BCUT2D eigenvalue weighted by Gasteiger charge is -2.04. The van der Waals surface area contributed by atoms with Gasteiger partial charge in [-0.2, -0.15) is 13.2 Å². The van der Waals surface area contributed by atoms with Crippen LogP contribution in [0.4, 0.5) is 13.2 Å². The van der Waals surface area contributed by atoms with E-state index in [0.717, 1.165) is 12.1 Å². The maximum Gasteiger partial charge on any atom is 0.416 e. The molecule has 0 saturated heterocycles. The van der Waals surface area contributed by atoms with Crippen molar-refractivity contribution in [2.45, 2.75) is 19.1 Å². The molecule has 0 aliphatic carbocycles.